The van der Waals surface area contributed by atoms with Crippen LogP contribution in [0.4, 0.5) is 11.4 Å². The standard InChI is InChI=1S/C20H20ClN5O6S/c1-25-19(11-7-15(30-2)18(32-4)16(8-11)31-3)23-24-20(25)33-10-17(27)22-12-5-6-13(21)14(9-12)26(28)29/h5-9H,10H2,1-4H3,(H,22,27). The molecule has 0 fully saturated rings. The number of nitrogens with one attached hydrogen (secondary N) is 1. The Bertz CT molecular complexity index is 1180. The van der Waals surface area contributed by atoms with Crippen LogP contribution in [0.5, 0.6) is 17.2 Å². The van der Waals surface area contributed by atoms with Gasteiger partial charge in [-0.1, -0.05) is 23.4 Å². The van der Waals surface area contributed by atoms with Crippen LogP contribution < -0.4 is 19.5 Å². The van der Waals surface area contributed by atoms with Gasteiger partial charge in [0, 0.05) is 24.4 Å². The van der Waals surface area contributed by atoms with Crippen LogP contribution in [0.1, 0.15) is 0 Å². The number of anilines is 1. The monoisotopic (exact) mass is 493 g/mol. The van der Waals surface area contributed by atoms with Gasteiger partial charge in [-0.15, -0.1) is 10.2 Å². The van der Waals surface area contributed by atoms with Crippen molar-refractivity contribution >= 4 is 40.6 Å². The predicted octanol–water partition coefficient (Wildman–Crippen LogP) is 3.80. The molecule has 0 aliphatic heterocycles. The maximum atomic E-state index is 12.3. The van der Waals surface area contributed by atoms with Gasteiger partial charge in [0.05, 0.1) is 32.0 Å². The average Bonchev–Trinajstić information content (AvgIpc) is 3.17. The molecule has 1 N–H and O–H groups in total. The highest BCUT2D eigenvalue weighted by atomic mass is 35.5. The lowest BCUT2D eigenvalue weighted by molar-refractivity contribution is -0.384. The van der Waals surface area contributed by atoms with Crippen LogP contribution in [0.25, 0.3) is 11.4 Å². The normalized spacial score (nSPS) is 10.6. The fourth-order valence-corrected chi connectivity index (χ4v) is 3.86. The van der Waals surface area contributed by atoms with E-state index in [-0.39, 0.29) is 28.1 Å². The summed E-state index contributed by atoms with van der Waals surface area (Å²) < 4.78 is 17.8. The molecule has 11 nitrogen and oxygen atoms in total. The summed E-state index contributed by atoms with van der Waals surface area (Å²) in [6.45, 7) is 0. The van der Waals surface area contributed by atoms with Crippen molar-refractivity contribution in [1.29, 1.82) is 0 Å². The maximum Gasteiger partial charge on any atom is 0.289 e. The number of carbonyl (C=O) groups excluding carboxylic acids is 1. The molecule has 0 spiro atoms. The van der Waals surface area contributed by atoms with Crippen molar-refractivity contribution in [3.8, 4) is 28.6 Å². The van der Waals surface area contributed by atoms with E-state index < -0.39 is 4.92 Å². The number of hydrogen-bond acceptors (Lipinski definition) is 9. The van der Waals surface area contributed by atoms with Gasteiger partial charge in [-0.3, -0.25) is 14.9 Å². The molecule has 3 rings (SSSR count). The average molecular weight is 494 g/mol. The molecule has 0 unspecified atom stereocenters. The molecule has 3 aromatic rings. The number of aromatic nitrogens is 3. The molecule has 13 heteroatoms. The lowest BCUT2D eigenvalue weighted by Gasteiger charge is -2.14. The highest BCUT2D eigenvalue weighted by Crippen LogP contribution is 2.41. The zero-order valence-electron chi connectivity index (χ0n) is 18.1. The van der Waals surface area contributed by atoms with E-state index in [0.29, 0.717) is 33.8 Å². The number of thioether (sulfide) groups is 1. The summed E-state index contributed by atoms with van der Waals surface area (Å²) in [6.07, 6.45) is 0. The molecular formula is C20H20ClN5O6S. The quantitative estimate of drug-likeness (QED) is 0.268. The van der Waals surface area contributed by atoms with E-state index in [0.717, 1.165) is 11.8 Å². The molecule has 2 aromatic carbocycles. The Morgan fingerprint density at radius 2 is 1.82 bits per heavy atom. The lowest BCUT2D eigenvalue weighted by Crippen LogP contribution is -2.14. The third kappa shape index (κ3) is 5.29. The summed E-state index contributed by atoms with van der Waals surface area (Å²) in [6, 6.07) is 7.55. The molecular weight excluding hydrogens is 474 g/mol. The first-order chi connectivity index (χ1) is 15.8. The molecule has 0 aliphatic carbocycles. The Morgan fingerprint density at radius 3 is 2.39 bits per heavy atom. The van der Waals surface area contributed by atoms with Gasteiger partial charge >= 0.3 is 0 Å². The summed E-state index contributed by atoms with van der Waals surface area (Å²) >= 11 is 6.96. The van der Waals surface area contributed by atoms with Crippen LogP contribution in [0.3, 0.4) is 0 Å². The van der Waals surface area contributed by atoms with Crippen LogP contribution in [-0.2, 0) is 11.8 Å². The van der Waals surface area contributed by atoms with Crippen molar-refractivity contribution in [1.82, 2.24) is 14.8 Å². The van der Waals surface area contributed by atoms with Crippen LogP contribution in [0.2, 0.25) is 5.02 Å². The second-order valence-electron chi connectivity index (χ2n) is 6.54. The van der Waals surface area contributed by atoms with Crippen molar-refractivity contribution in [2.75, 3.05) is 32.4 Å². The number of amides is 1. The van der Waals surface area contributed by atoms with E-state index in [1.165, 1.54) is 39.5 Å². The van der Waals surface area contributed by atoms with Gasteiger partial charge in [-0.2, -0.15) is 0 Å². The van der Waals surface area contributed by atoms with Crippen molar-refractivity contribution in [3.05, 3.63) is 45.5 Å². The first-order valence-corrected chi connectivity index (χ1v) is 10.7. The summed E-state index contributed by atoms with van der Waals surface area (Å²) in [5.41, 5.74) is 0.669. The van der Waals surface area contributed by atoms with Crippen molar-refractivity contribution in [2.45, 2.75) is 5.16 Å². The second-order valence-corrected chi connectivity index (χ2v) is 7.89. The molecule has 0 aliphatic rings. The Morgan fingerprint density at radius 1 is 1.15 bits per heavy atom. The first-order valence-electron chi connectivity index (χ1n) is 9.35. The number of ether oxygens (including phenoxy) is 3. The number of hydrogen-bond donors (Lipinski definition) is 1. The Labute approximate surface area is 198 Å². The van der Waals surface area contributed by atoms with E-state index in [1.54, 1.807) is 23.7 Å². The summed E-state index contributed by atoms with van der Waals surface area (Å²) in [7, 11) is 6.32. The highest BCUT2D eigenvalue weighted by Gasteiger charge is 2.19. The number of methoxy groups -OCH3 is 3. The SMILES string of the molecule is COc1cc(-c2nnc(SCC(=O)Nc3ccc(Cl)c([N+](=O)[O-])c3)n2C)cc(OC)c1OC. The fraction of sp³-hybridized carbons (Fsp3) is 0.250. The number of nitro groups is 1. The molecule has 0 bridgehead atoms. The molecule has 33 heavy (non-hydrogen) atoms. The molecule has 0 saturated heterocycles. The third-order valence-electron chi connectivity index (χ3n) is 4.52. The number of nitrogens with zero attached hydrogens (tertiary/aromatic N) is 4. The van der Waals surface area contributed by atoms with E-state index in [2.05, 4.69) is 15.5 Å². The molecule has 1 heterocycles. The Hall–Kier alpha value is -3.51. The molecule has 0 saturated carbocycles. The summed E-state index contributed by atoms with van der Waals surface area (Å²) in [5.74, 6) is 1.58. The number of benzene rings is 2. The van der Waals surface area contributed by atoms with E-state index in [1.807, 2.05) is 0 Å². The van der Waals surface area contributed by atoms with Gasteiger partial charge in [-0.05, 0) is 24.3 Å². The van der Waals surface area contributed by atoms with Crippen LogP contribution in [-0.4, -0.2) is 52.7 Å². The molecule has 0 radical (unpaired) electrons. The van der Waals surface area contributed by atoms with Crippen molar-refractivity contribution in [3.63, 3.8) is 0 Å². The minimum absolute atomic E-state index is 0.00854. The van der Waals surface area contributed by atoms with Gasteiger partial charge in [0.2, 0.25) is 11.7 Å². The first kappa shape index (κ1) is 24.1. The van der Waals surface area contributed by atoms with Crippen LogP contribution in [0.15, 0.2) is 35.5 Å². The molecule has 1 amide bonds. The van der Waals surface area contributed by atoms with Crippen LogP contribution in [0, 0.1) is 10.1 Å². The van der Waals surface area contributed by atoms with Gasteiger partial charge in [0.1, 0.15) is 5.02 Å². The number of carbonyl (C=O) groups is 1. The minimum Gasteiger partial charge on any atom is -0.493 e. The highest BCUT2D eigenvalue weighted by molar-refractivity contribution is 7.99. The number of nitro benzene ring substituents is 1. The zero-order chi connectivity index (χ0) is 24.1. The topological polar surface area (TPSA) is 131 Å². The van der Waals surface area contributed by atoms with Gasteiger partial charge in [-0.25, -0.2) is 0 Å². The van der Waals surface area contributed by atoms with E-state index in [4.69, 9.17) is 25.8 Å². The zero-order valence-corrected chi connectivity index (χ0v) is 19.7. The van der Waals surface area contributed by atoms with Gasteiger partial charge < -0.3 is 24.1 Å². The second kappa shape index (κ2) is 10.4. The number of halogens is 1. The number of rotatable bonds is 9. The molecule has 174 valence electrons. The summed E-state index contributed by atoms with van der Waals surface area (Å²) in [4.78, 5) is 22.7. The molecule has 1 aromatic heterocycles. The maximum absolute atomic E-state index is 12.3. The smallest absolute Gasteiger partial charge is 0.289 e. The molecule has 0 atom stereocenters. The fourth-order valence-electron chi connectivity index (χ4n) is 2.96. The van der Waals surface area contributed by atoms with Crippen LogP contribution >= 0.6 is 23.4 Å². The van der Waals surface area contributed by atoms with Crippen molar-refractivity contribution < 1.29 is 23.9 Å². The van der Waals surface area contributed by atoms with Crippen molar-refractivity contribution in [2.24, 2.45) is 7.05 Å². The minimum atomic E-state index is -0.614. The van der Waals surface area contributed by atoms with E-state index >= 15 is 0 Å². The Kier molecular flexibility index (Phi) is 7.61. The third-order valence-corrected chi connectivity index (χ3v) is 5.86. The lowest BCUT2D eigenvalue weighted by atomic mass is 10.1. The predicted molar refractivity (Wildman–Crippen MR) is 124 cm³/mol. The Balaban J connectivity index is 1.74. The summed E-state index contributed by atoms with van der Waals surface area (Å²) in [5, 5.41) is 22.5. The van der Waals surface area contributed by atoms with E-state index in [9.17, 15) is 14.9 Å². The van der Waals surface area contributed by atoms with Gasteiger partial charge in [0.15, 0.2) is 22.5 Å². The van der Waals surface area contributed by atoms with Gasteiger partial charge in [0.25, 0.3) is 5.69 Å². The largest absolute Gasteiger partial charge is 0.493 e.